The van der Waals surface area contributed by atoms with E-state index < -0.39 is 12.8 Å². The first-order chi connectivity index (χ1) is 4.54. The van der Waals surface area contributed by atoms with Gasteiger partial charge in [-0.1, -0.05) is 0 Å². The van der Waals surface area contributed by atoms with E-state index in [1.807, 2.05) is 0 Å². The van der Waals surface area contributed by atoms with Gasteiger partial charge in [-0.2, -0.15) is 0 Å². The molecule has 2 nitrogen and oxygen atoms in total. The fourth-order valence-electron chi connectivity index (χ4n) is 0.874. The summed E-state index contributed by atoms with van der Waals surface area (Å²) in [4.78, 5) is 10.9. The Morgan fingerprint density at radius 2 is 1.82 bits per heavy atom. The Kier molecular flexibility index (Phi) is 4.64. The zero-order valence-electron chi connectivity index (χ0n) is 6.14. The third-order valence-electron chi connectivity index (χ3n) is 1.62. The average molecular weight is 191 g/mol. The predicted octanol–water partition coefficient (Wildman–Crippen LogP) is -2.32. The van der Waals surface area contributed by atoms with E-state index in [0.717, 1.165) is 4.90 Å². The summed E-state index contributed by atoms with van der Waals surface area (Å²) < 4.78 is 35.2. The van der Waals surface area contributed by atoms with E-state index in [2.05, 4.69) is 0 Å². The van der Waals surface area contributed by atoms with Crippen LogP contribution in [0.3, 0.4) is 0 Å². The normalized spacial score (nSPS) is 18.6. The second-order valence-corrected chi connectivity index (χ2v) is 2.44. The van der Waals surface area contributed by atoms with Gasteiger partial charge in [0.15, 0.2) is 0 Å². The molecule has 1 aliphatic heterocycles. The number of hydrogen-bond donors (Lipinski definition) is 0. The molecule has 1 saturated heterocycles. The third kappa shape index (κ3) is 3.06. The van der Waals surface area contributed by atoms with Crippen LogP contribution in [0.25, 0.3) is 0 Å². The second kappa shape index (κ2) is 4.27. The first-order valence-corrected chi connectivity index (χ1v) is 2.93. The summed E-state index contributed by atoms with van der Waals surface area (Å²) >= 11 is 0. The van der Waals surface area contributed by atoms with Crippen LogP contribution < -0.4 is 51.4 Å². The van der Waals surface area contributed by atoms with E-state index >= 15 is 0 Å². The van der Waals surface area contributed by atoms with Gasteiger partial charge in [-0.05, 0) is 5.82 Å². The van der Waals surface area contributed by atoms with Gasteiger partial charge in [-0.3, -0.25) is 4.79 Å². The molecule has 0 spiro atoms. The van der Waals surface area contributed by atoms with Gasteiger partial charge in [0.05, 0.1) is 0 Å². The Balaban J connectivity index is 0.000001000. The molecule has 0 bridgehead atoms. The van der Waals surface area contributed by atoms with E-state index in [1.165, 1.54) is 0 Å². The largest absolute Gasteiger partial charge is 1.00 e. The van der Waals surface area contributed by atoms with Crippen LogP contribution in [-0.4, -0.2) is 31.4 Å². The maximum atomic E-state index is 11.7. The molecule has 11 heavy (non-hydrogen) atoms. The Morgan fingerprint density at radius 3 is 2.09 bits per heavy atom. The summed E-state index contributed by atoms with van der Waals surface area (Å²) in [5.74, 6) is -1.23. The summed E-state index contributed by atoms with van der Waals surface area (Å²) in [6, 6.07) is 0. The Hall–Kier alpha value is 0.961. The number of rotatable bonds is 2. The van der Waals surface area contributed by atoms with Crippen molar-refractivity contribution in [1.29, 1.82) is 0 Å². The fraction of sp³-hybridized carbons (Fsp3) is 0.750. The van der Waals surface area contributed by atoms with Gasteiger partial charge in [-0.25, -0.2) is 0 Å². The standard InChI is InChI=1S/C4H6BF3NO.K/c6-5(7,8)4-1-9(2-4)3-10;/h3-4H,1-2H2;/q-1;+1. The summed E-state index contributed by atoms with van der Waals surface area (Å²) in [6.45, 7) is -5.01. The molecule has 0 radical (unpaired) electrons. The third-order valence-corrected chi connectivity index (χ3v) is 1.62. The van der Waals surface area contributed by atoms with Crippen LogP contribution >= 0.6 is 0 Å². The molecule has 1 amide bonds. The van der Waals surface area contributed by atoms with Gasteiger partial charge in [0, 0.05) is 13.1 Å². The van der Waals surface area contributed by atoms with Crippen molar-refractivity contribution in [1.82, 2.24) is 4.90 Å². The van der Waals surface area contributed by atoms with Crippen molar-refractivity contribution in [2.24, 2.45) is 0 Å². The molecule has 0 atom stereocenters. The van der Waals surface area contributed by atoms with Crippen molar-refractivity contribution >= 4 is 13.4 Å². The second-order valence-electron chi connectivity index (χ2n) is 2.44. The van der Waals surface area contributed by atoms with Crippen molar-refractivity contribution < 1.29 is 69.1 Å². The topological polar surface area (TPSA) is 20.3 Å². The van der Waals surface area contributed by atoms with Gasteiger partial charge in [0.2, 0.25) is 6.41 Å². The van der Waals surface area contributed by atoms with Crippen LogP contribution in [0.5, 0.6) is 0 Å². The summed E-state index contributed by atoms with van der Waals surface area (Å²) in [6.07, 6.45) is 0.443. The van der Waals surface area contributed by atoms with Crippen molar-refractivity contribution in [3.63, 3.8) is 0 Å². The number of likely N-dealkylation sites (tertiary alicyclic amines) is 1. The summed E-state index contributed by atoms with van der Waals surface area (Å²) in [7, 11) is 0. The number of nitrogens with zero attached hydrogens (tertiary/aromatic N) is 1. The van der Waals surface area contributed by atoms with Crippen molar-refractivity contribution in [3.05, 3.63) is 0 Å². The molecule has 1 fully saturated rings. The molecule has 58 valence electrons. The Bertz CT molecular complexity index is 147. The minimum Gasteiger partial charge on any atom is -0.449 e. The summed E-state index contributed by atoms with van der Waals surface area (Å²) in [5.41, 5.74) is 0. The van der Waals surface area contributed by atoms with E-state index in [1.54, 1.807) is 0 Å². The van der Waals surface area contributed by atoms with Crippen LogP contribution in [0.1, 0.15) is 0 Å². The molecule has 1 heterocycles. The van der Waals surface area contributed by atoms with E-state index in [9.17, 15) is 17.7 Å². The molecule has 0 aromatic heterocycles. The Labute approximate surface area is 105 Å². The molecule has 1 aliphatic rings. The maximum Gasteiger partial charge on any atom is 1.00 e. The molecule has 0 aromatic carbocycles. The van der Waals surface area contributed by atoms with Gasteiger partial charge in [0.25, 0.3) is 0 Å². The van der Waals surface area contributed by atoms with Gasteiger partial charge in [0.1, 0.15) is 0 Å². The van der Waals surface area contributed by atoms with E-state index in [0.29, 0.717) is 6.41 Å². The van der Waals surface area contributed by atoms with Crippen molar-refractivity contribution in [2.75, 3.05) is 13.1 Å². The molecule has 1 rings (SSSR count). The molecule has 0 N–H and O–H groups in total. The smallest absolute Gasteiger partial charge is 0.449 e. The Morgan fingerprint density at radius 1 is 1.36 bits per heavy atom. The average Bonchev–Trinajstić information content (AvgIpc) is 1.57. The molecule has 0 saturated carbocycles. The number of hydrogen-bond acceptors (Lipinski definition) is 1. The summed E-state index contributed by atoms with van der Waals surface area (Å²) in [5, 5.41) is 0. The van der Waals surface area contributed by atoms with Gasteiger partial charge >= 0.3 is 58.4 Å². The van der Waals surface area contributed by atoms with Crippen LogP contribution in [0.2, 0.25) is 5.82 Å². The first kappa shape index (κ1) is 12.0. The molecule has 0 unspecified atom stereocenters. The SMILES string of the molecule is O=CN1CC([B-](F)(F)F)C1.[K+]. The number of carbonyl (C=O) groups excluding carboxylic acids is 1. The minimum atomic E-state index is -4.71. The molecule has 7 heteroatoms. The first-order valence-electron chi connectivity index (χ1n) is 2.93. The van der Waals surface area contributed by atoms with Crippen LogP contribution in [0.15, 0.2) is 0 Å². The molecular weight excluding hydrogens is 185 g/mol. The van der Waals surface area contributed by atoms with Crippen LogP contribution in [0, 0.1) is 0 Å². The zero-order chi connectivity index (χ0) is 7.78. The van der Waals surface area contributed by atoms with Crippen molar-refractivity contribution in [3.8, 4) is 0 Å². The van der Waals surface area contributed by atoms with Gasteiger partial charge < -0.3 is 17.8 Å². The van der Waals surface area contributed by atoms with Crippen LogP contribution in [-0.2, 0) is 4.79 Å². The maximum absolute atomic E-state index is 11.7. The minimum absolute atomic E-state index is 0. The number of amides is 1. The quantitative estimate of drug-likeness (QED) is 0.354. The zero-order valence-corrected chi connectivity index (χ0v) is 9.26. The fourth-order valence-corrected chi connectivity index (χ4v) is 0.874. The number of halogens is 3. The van der Waals surface area contributed by atoms with Gasteiger partial charge in [-0.15, -0.1) is 0 Å². The monoisotopic (exact) mass is 191 g/mol. The molecule has 0 aromatic rings. The van der Waals surface area contributed by atoms with Crippen LogP contribution in [0.4, 0.5) is 12.9 Å². The van der Waals surface area contributed by atoms with Crippen molar-refractivity contribution in [2.45, 2.75) is 5.82 Å². The molecule has 0 aliphatic carbocycles. The predicted molar refractivity (Wildman–Crippen MR) is 30.5 cm³/mol. The number of carbonyl (C=O) groups is 1. The van der Waals surface area contributed by atoms with E-state index in [4.69, 9.17) is 0 Å². The van der Waals surface area contributed by atoms with E-state index in [-0.39, 0.29) is 64.5 Å². The molecular formula is C4H6BF3KNO.